The van der Waals surface area contributed by atoms with Crippen LogP contribution in [0.25, 0.3) is 0 Å². The molecule has 0 radical (unpaired) electrons. The van der Waals surface area contributed by atoms with E-state index in [1.54, 1.807) is 0 Å². The summed E-state index contributed by atoms with van der Waals surface area (Å²) < 4.78 is 24.3. The fourth-order valence-corrected chi connectivity index (χ4v) is 2.78. The van der Waals surface area contributed by atoms with Gasteiger partial charge in [-0.15, -0.1) is 4.83 Å². The maximum atomic E-state index is 12.1. The van der Waals surface area contributed by atoms with E-state index < -0.39 is 20.9 Å². The van der Waals surface area contributed by atoms with Gasteiger partial charge in [-0.05, 0) is 37.3 Å². The molecule has 0 aromatic heterocycles. The number of hydrogen-bond donors (Lipinski definition) is 2. The average Bonchev–Trinajstić information content (AvgIpc) is 2.53. The highest BCUT2D eigenvalue weighted by Crippen LogP contribution is 2.21. The number of carbonyl (C=O) groups is 1. The molecule has 0 unspecified atom stereocenters. The molecule has 0 aliphatic rings. The number of aryl methyl sites for hydroxylation is 1. The Kier molecular flexibility index (Phi) is 5.17. The molecule has 126 valence electrons. The summed E-state index contributed by atoms with van der Waals surface area (Å²) >= 11 is 5.70. The monoisotopic (exact) mass is 369 g/mol. The van der Waals surface area contributed by atoms with Gasteiger partial charge in [-0.25, -0.2) is 8.42 Å². The molecule has 2 aromatic rings. The van der Waals surface area contributed by atoms with E-state index in [-0.39, 0.29) is 16.1 Å². The quantitative estimate of drug-likeness (QED) is 0.618. The fourth-order valence-electron chi connectivity index (χ4n) is 1.80. The van der Waals surface area contributed by atoms with Crippen LogP contribution in [0.5, 0.6) is 0 Å². The number of sulfonamides is 1. The summed E-state index contributed by atoms with van der Waals surface area (Å²) in [6.45, 7) is 1.49. The highest BCUT2D eigenvalue weighted by Gasteiger charge is 2.20. The Balaban J connectivity index is 2.17. The third kappa shape index (κ3) is 4.07. The zero-order chi connectivity index (χ0) is 17.9. The van der Waals surface area contributed by atoms with Crippen LogP contribution in [0, 0.1) is 17.0 Å². The molecule has 0 fully saturated rings. The Hall–Kier alpha value is -2.49. The number of nitro benzene ring substituents is 1. The number of nitrogens with zero attached hydrogens (tertiary/aromatic N) is 1. The first-order chi connectivity index (χ1) is 11.2. The second-order valence-corrected chi connectivity index (χ2v) is 6.89. The molecule has 2 rings (SSSR count). The van der Waals surface area contributed by atoms with Crippen LogP contribution in [0.3, 0.4) is 0 Å². The lowest BCUT2D eigenvalue weighted by molar-refractivity contribution is -0.385. The third-order valence-corrected chi connectivity index (χ3v) is 4.59. The smallest absolute Gasteiger partial charge is 0.273 e. The van der Waals surface area contributed by atoms with Crippen molar-refractivity contribution in [1.29, 1.82) is 0 Å². The molecular formula is C14H12ClN3O5S. The summed E-state index contributed by atoms with van der Waals surface area (Å²) in [6, 6.07) is 9.24. The second kappa shape index (κ2) is 6.95. The number of nitrogens with one attached hydrogen (secondary N) is 2. The first-order valence-electron chi connectivity index (χ1n) is 6.53. The van der Waals surface area contributed by atoms with Gasteiger partial charge in [0.2, 0.25) is 0 Å². The van der Waals surface area contributed by atoms with Crippen molar-refractivity contribution in [2.75, 3.05) is 0 Å². The Morgan fingerprint density at radius 3 is 2.38 bits per heavy atom. The number of rotatable bonds is 5. The van der Waals surface area contributed by atoms with E-state index in [0.717, 1.165) is 6.07 Å². The summed E-state index contributed by atoms with van der Waals surface area (Å²) in [7, 11) is -4.16. The van der Waals surface area contributed by atoms with Gasteiger partial charge in [-0.1, -0.05) is 17.7 Å². The minimum atomic E-state index is -4.16. The van der Waals surface area contributed by atoms with Crippen molar-refractivity contribution < 1.29 is 18.1 Å². The van der Waals surface area contributed by atoms with E-state index >= 15 is 0 Å². The topological polar surface area (TPSA) is 118 Å². The van der Waals surface area contributed by atoms with E-state index in [1.807, 2.05) is 10.3 Å². The minimum Gasteiger partial charge on any atom is -0.273 e. The van der Waals surface area contributed by atoms with Crippen LogP contribution in [-0.4, -0.2) is 19.2 Å². The second-order valence-electron chi connectivity index (χ2n) is 4.77. The molecule has 0 spiro atoms. The third-order valence-electron chi connectivity index (χ3n) is 3.09. The molecular weight excluding hydrogens is 358 g/mol. The molecule has 24 heavy (non-hydrogen) atoms. The van der Waals surface area contributed by atoms with Crippen LogP contribution >= 0.6 is 11.6 Å². The Bertz CT molecular complexity index is 897. The predicted molar refractivity (Wildman–Crippen MR) is 87.1 cm³/mol. The summed E-state index contributed by atoms with van der Waals surface area (Å²) in [5.74, 6) is -0.697. The largest absolute Gasteiger partial charge is 0.273 e. The maximum Gasteiger partial charge on any atom is 0.273 e. The average molecular weight is 370 g/mol. The number of halogens is 1. The summed E-state index contributed by atoms with van der Waals surface area (Å²) in [5.41, 5.74) is 2.21. The lowest BCUT2D eigenvalue weighted by Gasteiger charge is -2.09. The van der Waals surface area contributed by atoms with Crippen molar-refractivity contribution in [2.45, 2.75) is 11.8 Å². The summed E-state index contributed by atoms with van der Waals surface area (Å²) in [6.07, 6.45) is 0. The molecule has 0 aliphatic heterocycles. The molecule has 0 heterocycles. The minimum absolute atomic E-state index is 0.192. The zero-order valence-electron chi connectivity index (χ0n) is 12.3. The van der Waals surface area contributed by atoms with Gasteiger partial charge in [0.15, 0.2) is 0 Å². The van der Waals surface area contributed by atoms with E-state index in [1.165, 1.54) is 43.3 Å². The highest BCUT2D eigenvalue weighted by atomic mass is 35.5. The van der Waals surface area contributed by atoms with Crippen molar-refractivity contribution in [3.05, 3.63) is 68.7 Å². The van der Waals surface area contributed by atoms with Gasteiger partial charge in [-0.2, -0.15) is 0 Å². The number of benzene rings is 2. The van der Waals surface area contributed by atoms with E-state index in [0.29, 0.717) is 10.6 Å². The first kappa shape index (κ1) is 17.9. The van der Waals surface area contributed by atoms with Crippen molar-refractivity contribution >= 4 is 33.2 Å². The molecule has 10 heteroatoms. The standard InChI is InChI=1S/C14H12ClN3O5S/c1-9-2-7-12(8-13(9)18(20)21)24(22,23)17-16-14(19)10-3-5-11(15)6-4-10/h2-8,17H,1H3,(H,16,19). The summed E-state index contributed by atoms with van der Waals surface area (Å²) in [4.78, 5) is 23.6. The molecule has 0 aliphatic carbocycles. The fraction of sp³-hybridized carbons (Fsp3) is 0.0714. The van der Waals surface area contributed by atoms with Gasteiger partial charge >= 0.3 is 0 Å². The first-order valence-corrected chi connectivity index (χ1v) is 8.39. The maximum absolute atomic E-state index is 12.1. The van der Waals surface area contributed by atoms with Crippen LogP contribution in [0.15, 0.2) is 47.4 Å². The molecule has 0 saturated heterocycles. The SMILES string of the molecule is Cc1ccc(S(=O)(=O)NNC(=O)c2ccc(Cl)cc2)cc1[N+](=O)[O-]. The van der Waals surface area contributed by atoms with Crippen molar-refractivity contribution in [2.24, 2.45) is 0 Å². The molecule has 8 nitrogen and oxygen atoms in total. The van der Waals surface area contributed by atoms with E-state index in [4.69, 9.17) is 11.6 Å². The van der Waals surface area contributed by atoms with Gasteiger partial charge in [0.1, 0.15) is 0 Å². The molecule has 0 bridgehead atoms. The number of hydrogen-bond acceptors (Lipinski definition) is 5. The van der Waals surface area contributed by atoms with E-state index in [9.17, 15) is 23.3 Å². The van der Waals surface area contributed by atoms with Gasteiger partial charge in [0, 0.05) is 22.2 Å². The molecule has 0 atom stereocenters. The van der Waals surface area contributed by atoms with Crippen LogP contribution in [-0.2, 0) is 10.0 Å². The normalized spacial score (nSPS) is 11.1. The van der Waals surface area contributed by atoms with Crippen molar-refractivity contribution in [3.63, 3.8) is 0 Å². The number of carbonyl (C=O) groups excluding carboxylic acids is 1. The number of amides is 1. The van der Waals surface area contributed by atoms with Crippen molar-refractivity contribution in [1.82, 2.24) is 10.3 Å². The van der Waals surface area contributed by atoms with Gasteiger partial charge in [0.05, 0.1) is 9.82 Å². The van der Waals surface area contributed by atoms with Crippen LogP contribution < -0.4 is 10.3 Å². The van der Waals surface area contributed by atoms with Gasteiger partial charge in [0.25, 0.3) is 21.6 Å². The molecule has 2 N–H and O–H groups in total. The molecule has 1 amide bonds. The number of hydrazine groups is 1. The van der Waals surface area contributed by atoms with E-state index in [2.05, 4.69) is 0 Å². The van der Waals surface area contributed by atoms with Gasteiger partial charge in [-0.3, -0.25) is 20.3 Å². The van der Waals surface area contributed by atoms with Crippen molar-refractivity contribution in [3.8, 4) is 0 Å². The number of nitro groups is 1. The molecule has 0 saturated carbocycles. The Morgan fingerprint density at radius 2 is 1.79 bits per heavy atom. The van der Waals surface area contributed by atoms with Crippen LogP contribution in [0.2, 0.25) is 5.02 Å². The molecule has 2 aromatic carbocycles. The Labute approximate surface area is 142 Å². The summed E-state index contributed by atoms with van der Waals surface area (Å²) in [5, 5.41) is 11.3. The predicted octanol–water partition coefficient (Wildman–Crippen LogP) is 2.18. The lowest BCUT2D eigenvalue weighted by atomic mass is 10.2. The van der Waals surface area contributed by atoms with Crippen LogP contribution in [0.1, 0.15) is 15.9 Å². The Morgan fingerprint density at radius 1 is 1.17 bits per heavy atom. The lowest BCUT2D eigenvalue weighted by Crippen LogP contribution is -2.41. The van der Waals surface area contributed by atoms with Gasteiger partial charge < -0.3 is 0 Å². The zero-order valence-corrected chi connectivity index (χ0v) is 13.9. The van der Waals surface area contributed by atoms with Crippen LogP contribution in [0.4, 0.5) is 5.69 Å². The highest BCUT2D eigenvalue weighted by molar-refractivity contribution is 7.89.